The van der Waals surface area contributed by atoms with Crippen LogP contribution in [0.2, 0.25) is 0 Å². The molecule has 1 aromatic heterocycles. The Hall–Kier alpha value is -2.43. The van der Waals surface area contributed by atoms with Crippen molar-refractivity contribution in [2.24, 2.45) is 5.92 Å². The second kappa shape index (κ2) is 5.89. The number of benzene rings is 1. The van der Waals surface area contributed by atoms with Gasteiger partial charge in [0, 0.05) is 18.2 Å². The van der Waals surface area contributed by atoms with Crippen LogP contribution in [-0.4, -0.2) is 17.1 Å². The first-order chi connectivity index (χ1) is 11.7. The van der Waals surface area contributed by atoms with Crippen LogP contribution >= 0.6 is 0 Å². The van der Waals surface area contributed by atoms with Gasteiger partial charge in [0.15, 0.2) is 0 Å². The van der Waals surface area contributed by atoms with Crippen LogP contribution in [0.1, 0.15) is 35.2 Å². The van der Waals surface area contributed by atoms with E-state index in [-0.39, 0.29) is 17.9 Å². The lowest BCUT2D eigenvalue weighted by Crippen LogP contribution is -2.38. The van der Waals surface area contributed by atoms with E-state index in [1.165, 1.54) is 17.2 Å². The molecule has 124 valence electrons. The molecule has 24 heavy (non-hydrogen) atoms. The predicted molar refractivity (Wildman–Crippen MR) is 89.1 cm³/mol. The van der Waals surface area contributed by atoms with E-state index in [0.29, 0.717) is 18.4 Å². The molecule has 0 saturated heterocycles. The maximum Gasteiger partial charge on any atom is 0.315 e. The first-order valence-electron chi connectivity index (χ1n) is 8.42. The summed E-state index contributed by atoms with van der Waals surface area (Å²) in [6.07, 6.45) is 3.57. The number of nitrogens with one attached hydrogen (secondary N) is 2. The maximum absolute atomic E-state index is 13.2. The van der Waals surface area contributed by atoms with Crippen molar-refractivity contribution < 1.29 is 9.18 Å². The summed E-state index contributed by atoms with van der Waals surface area (Å²) in [5, 5.41) is 5.91. The van der Waals surface area contributed by atoms with Gasteiger partial charge in [-0.1, -0.05) is 13.0 Å². The molecule has 3 unspecified atom stereocenters. The monoisotopic (exact) mass is 325 g/mol. The summed E-state index contributed by atoms with van der Waals surface area (Å²) in [7, 11) is 0. The van der Waals surface area contributed by atoms with Crippen LogP contribution in [0.25, 0.3) is 0 Å². The zero-order valence-electron chi connectivity index (χ0n) is 13.6. The van der Waals surface area contributed by atoms with Gasteiger partial charge in [-0.25, -0.2) is 9.18 Å². The summed E-state index contributed by atoms with van der Waals surface area (Å²) in [5.74, 6) is 0.570. The molecule has 4 rings (SSSR count). The minimum atomic E-state index is -0.181. The molecular formula is C19H20FN3O. The third-order valence-corrected chi connectivity index (χ3v) is 5.11. The number of fused-ring (bicyclic) bond motifs is 3. The van der Waals surface area contributed by atoms with Gasteiger partial charge in [0.1, 0.15) is 5.82 Å². The number of aryl methyl sites for hydroxylation is 1. The number of nitrogens with zero attached hydrogens (tertiary/aromatic N) is 1. The lowest BCUT2D eigenvalue weighted by molar-refractivity contribution is 0.239. The highest BCUT2D eigenvalue weighted by atomic mass is 19.1. The minimum absolute atomic E-state index is 0.165. The van der Waals surface area contributed by atoms with Crippen molar-refractivity contribution in [1.82, 2.24) is 15.6 Å². The molecule has 5 heteroatoms. The zero-order chi connectivity index (χ0) is 16.7. The van der Waals surface area contributed by atoms with Crippen molar-refractivity contribution in [3.05, 3.63) is 64.7 Å². The van der Waals surface area contributed by atoms with Crippen molar-refractivity contribution in [2.75, 3.05) is 0 Å². The van der Waals surface area contributed by atoms with E-state index in [0.717, 1.165) is 24.1 Å². The molecule has 0 aliphatic heterocycles. The minimum Gasteiger partial charge on any atom is -0.334 e. The van der Waals surface area contributed by atoms with Crippen LogP contribution in [0.4, 0.5) is 9.18 Å². The van der Waals surface area contributed by atoms with Gasteiger partial charge in [-0.2, -0.15) is 0 Å². The Balaban J connectivity index is 1.31. The average Bonchev–Trinajstić information content (AvgIpc) is 3.10. The number of halogens is 1. The van der Waals surface area contributed by atoms with E-state index in [2.05, 4.69) is 22.5 Å². The topological polar surface area (TPSA) is 54.0 Å². The smallest absolute Gasteiger partial charge is 0.315 e. The normalized spacial score (nSPS) is 23.3. The fourth-order valence-corrected chi connectivity index (χ4v) is 3.80. The number of hydrogen-bond acceptors (Lipinski definition) is 2. The largest absolute Gasteiger partial charge is 0.334 e. The number of carbonyl (C=O) groups is 1. The Labute approximate surface area is 140 Å². The van der Waals surface area contributed by atoms with Crippen molar-refractivity contribution in [1.29, 1.82) is 0 Å². The molecule has 2 aromatic rings. The Kier molecular flexibility index (Phi) is 3.71. The van der Waals surface area contributed by atoms with Gasteiger partial charge in [0.2, 0.25) is 0 Å². The number of urea groups is 1. The Bertz CT molecular complexity index is 792. The highest BCUT2D eigenvalue weighted by Gasteiger charge is 2.56. The Morgan fingerprint density at radius 3 is 3.04 bits per heavy atom. The third kappa shape index (κ3) is 2.75. The molecule has 3 atom stereocenters. The van der Waals surface area contributed by atoms with Crippen LogP contribution in [0, 0.1) is 11.7 Å². The van der Waals surface area contributed by atoms with Gasteiger partial charge in [-0.15, -0.1) is 0 Å². The molecule has 2 aliphatic rings. The zero-order valence-corrected chi connectivity index (χ0v) is 13.6. The van der Waals surface area contributed by atoms with Crippen LogP contribution in [-0.2, 0) is 19.4 Å². The van der Waals surface area contributed by atoms with E-state index < -0.39 is 0 Å². The number of rotatable bonds is 4. The molecular weight excluding hydrogens is 305 g/mol. The molecule has 0 bridgehead atoms. The molecule has 2 aliphatic carbocycles. The van der Waals surface area contributed by atoms with Crippen LogP contribution in [0.3, 0.4) is 0 Å². The number of hydrogen-bond donors (Lipinski definition) is 2. The van der Waals surface area contributed by atoms with Crippen molar-refractivity contribution >= 4 is 6.03 Å². The van der Waals surface area contributed by atoms with Crippen molar-refractivity contribution in [2.45, 2.75) is 38.3 Å². The summed E-state index contributed by atoms with van der Waals surface area (Å²) in [5.41, 5.74) is 4.34. The molecule has 0 radical (unpaired) electrons. The molecule has 1 saturated carbocycles. The highest BCUT2D eigenvalue weighted by molar-refractivity contribution is 5.75. The van der Waals surface area contributed by atoms with Crippen LogP contribution in [0.5, 0.6) is 0 Å². The first-order valence-corrected chi connectivity index (χ1v) is 8.42. The SMILES string of the molecule is CCc1ccnc(CNC(=O)NC2C3Cc4cc(F)ccc4C32)c1. The molecule has 2 N–H and O–H groups in total. The van der Waals surface area contributed by atoms with E-state index in [1.54, 1.807) is 12.3 Å². The summed E-state index contributed by atoms with van der Waals surface area (Å²) in [4.78, 5) is 16.4. The molecule has 2 amide bonds. The fraction of sp³-hybridized carbons (Fsp3) is 0.368. The molecule has 1 fully saturated rings. The van der Waals surface area contributed by atoms with E-state index in [1.807, 2.05) is 18.2 Å². The quantitative estimate of drug-likeness (QED) is 0.908. The van der Waals surface area contributed by atoms with Crippen molar-refractivity contribution in [3.63, 3.8) is 0 Å². The average molecular weight is 325 g/mol. The number of pyridine rings is 1. The highest BCUT2D eigenvalue weighted by Crippen LogP contribution is 2.56. The second-order valence-electron chi connectivity index (χ2n) is 6.60. The van der Waals surface area contributed by atoms with Gasteiger partial charge >= 0.3 is 6.03 Å². The predicted octanol–water partition coefficient (Wildman–Crippen LogP) is 2.92. The lowest BCUT2D eigenvalue weighted by atomic mass is 10.0. The number of amides is 2. The first kappa shape index (κ1) is 15.1. The standard InChI is InChI=1S/C19H20FN3O/c1-2-11-5-6-21-14(7-11)10-22-19(24)23-18-16-9-12-8-13(20)3-4-15(12)17(16)18/h3-8,16-18H,2,9-10H2,1H3,(H2,22,23,24). The molecule has 0 spiro atoms. The third-order valence-electron chi connectivity index (χ3n) is 5.11. The van der Waals surface area contributed by atoms with E-state index in [4.69, 9.17) is 0 Å². The molecule has 1 aromatic carbocycles. The number of aromatic nitrogens is 1. The summed E-state index contributed by atoms with van der Waals surface area (Å²) in [6.45, 7) is 2.51. The maximum atomic E-state index is 13.2. The van der Waals surface area contributed by atoms with E-state index >= 15 is 0 Å². The van der Waals surface area contributed by atoms with Gasteiger partial charge in [-0.05, 0) is 59.7 Å². The van der Waals surface area contributed by atoms with E-state index in [9.17, 15) is 9.18 Å². The lowest BCUT2D eigenvalue weighted by Gasteiger charge is -2.11. The second-order valence-corrected chi connectivity index (χ2v) is 6.60. The van der Waals surface area contributed by atoms with Crippen molar-refractivity contribution in [3.8, 4) is 0 Å². The van der Waals surface area contributed by atoms with Gasteiger partial charge < -0.3 is 10.6 Å². The fourth-order valence-electron chi connectivity index (χ4n) is 3.80. The van der Waals surface area contributed by atoms with Crippen LogP contribution < -0.4 is 10.6 Å². The van der Waals surface area contributed by atoms with Gasteiger partial charge in [-0.3, -0.25) is 4.98 Å². The van der Waals surface area contributed by atoms with Crippen LogP contribution in [0.15, 0.2) is 36.5 Å². The Morgan fingerprint density at radius 1 is 1.33 bits per heavy atom. The summed E-state index contributed by atoms with van der Waals surface area (Å²) >= 11 is 0. The van der Waals surface area contributed by atoms with Gasteiger partial charge in [0.25, 0.3) is 0 Å². The van der Waals surface area contributed by atoms with Gasteiger partial charge in [0.05, 0.1) is 12.2 Å². The summed E-state index contributed by atoms with van der Waals surface area (Å²) in [6, 6.07) is 8.97. The molecule has 1 heterocycles. The summed E-state index contributed by atoms with van der Waals surface area (Å²) < 4.78 is 13.2. The Morgan fingerprint density at radius 2 is 2.21 bits per heavy atom. The molecule has 4 nitrogen and oxygen atoms in total. The number of carbonyl (C=O) groups excluding carboxylic acids is 1.